The van der Waals surface area contributed by atoms with Crippen LogP contribution in [0.25, 0.3) is 0 Å². The molecule has 0 saturated carbocycles. The Hall–Kier alpha value is -1.06. The molecule has 1 unspecified atom stereocenters. The lowest BCUT2D eigenvalue weighted by molar-refractivity contribution is 0.239. The lowest BCUT2D eigenvalue weighted by atomic mass is 10.1. The van der Waals surface area contributed by atoms with Crippen molar-refractivity contribution in [2.45, 2.75) is 33.1 Å². The third-order valence-corrected chi connectivity index (χ3v) is 4.27. The van der Waals surface area contributed by atoms with E-state index >= 15 is 0 Å². The minimum absolute atomic E-state index is 0.328. The monoisotopic (exact) mass is 277 g/mol. The van der Waals surface area contributed by atoms with Crippen molar-refractivity contribution in [2.75, 3.05) is 32.8 Å². The van der Waals surface area contributed by atoms with Gasteiger partial charge in [0.25, 0.3) is 0 Å². The van der Waals surface area contributed by atoms with Gasteiger partial charge in [0.1, 0.15) is 5.75 Å². The molecule has 1 atom stereocenters. The smallest absolute Gasteiger partial charge is 0.119 e. The second-order valence-electron chi connectivity index (χ2n) is 5.92. The SMILES string of the molecule is Cc1ccc(OCCCN2CCC(CCO)C2)cc1C. The van der Waals surface area contributed by atoms with E-state index in [4.69, 9.17) is 9.84 Å². The summed E-state index contributed by atoms with van der Waals surface area (Å²) in [5.41, 5.74) is 2.60. The van der Waals surface area contributed by atoms with Crippen molar-refractivity contribution < 1.29 is 9.84 Å². The second kappa shape index (κ2) is 7.65. The molecule has 20 heavy (non-hydrogen) atoms. The number of aliphatic hydroxyl groups excluding tert-OH is 1. The third kappa shape index (κ3) is 4.50. The van der Waals surface area contributed by atoms with E-state index in [-0.39, 0.29) is 0 Å². The van der Waals surface area contributed by atoms with Gasteiger partial charge in [-0.1, -0.05) is 6.07 Å². The lowest BCUT2D eigenvalue weighted by Crippen LogP contribution is -2.23. The Kier molecular flexibility index (Phi) is 5.86. The maximum absolute atomic E-state index is 8.96. The van der Waals surface area contributed by atoms with Crippen molar-refractivity contribution in [2.24, 2.45) is 5.92 Å². The zero-order valence-electron chi connectivity index (χ0n) is 12.8. The zero-order chi connectivity index (χ0) is 14.4. The number of nitrogens with zero attached hydrogens (tertiary/aromatic N) is 1. The molecule has 0 aliphatic carbocycles. The summed E-state index contributed by atoms with van der Waals surface area (Å²) in [7, 11) is 0. The highest BCUT2D eigenvalue weighted by molar-refractivity contribution is 5.33. The molecule has 0 amide bonds. The molecule has 1 aliphatic heterocycles. The number of hydrogen-bond donors (Lipinski definition) is 1. The Morgan fingerprint density at radius 3 is 2.90 bits per heavy atom. The van der Waals surface area contributed by atoms with Crippen LogP contribution < -0.4 is 4.74 Å². The number of rotatable bonds is 7. The third-order valence-electron chi connectivity index (χ3n) is 4.27. The molecule has 1 aromatic carbocycles. The number of benzene rings is 1. The molecule has 1 aliphatic rings. The van der Waals surface area contributed by atoms with Crippen LogP contribution in [0.15, 0.2) is 18.2 Å². The molecule has 0 radical (unpaired) electrons. The van der Waals surface area contributed by atoms with Crippen LogP contribution in [0.5, 0.6) is 5.75 Å². The molecule has 112 valence electrons. The topological polar surface area (TPSA) is 32.7 Å². The fourth-order valence-corrected chi connectivity index (χ4v) is 2.82. The van der Waals surface area contributed by atoms with E-state index in [1.807, 2.05) is 0 Å². The maximum atomic E-state index is 8.96. The molecule has 0 spiro atoms. The molecule has 2 rings (SSSR count). The molecule has 1 saturated heterocycles. The Balaban J connectivity index is 1.63. The minimum Gasteiger partial charge on any atom is -0.494 e. The van der Waals surface area contributed by atoms with Crippen LogP contribution in [0.4, 0.5) is 0 Å². The van der Waals surface area contributed by atoms with E-state index in [0.29, 0.717) is 12.5 Å². The molecule has 1 fully saturated rings. The summed E-state index contributed by atoms with van der Waals surface area (Å²) in [6.45, 7) is 8.77. The predicted octanol–water partition coefficient (Wildman–Crippen LogP) is 2.78. The second-order valence-corrected chi connectivity index (χ2v) is 5.92. The van der Waals surface area contributed by atoms with Gasteiger partial charge in [-0.15, -0.1) is 0 Å². The van der Waals surface area contributed by atoms with Crippen LogP contribution in [0.2, 0.25) is 0 Å². The van der Waals surface area contributed by atoms with Crippen molar-refractivity contribution in [3.63, 3.8) is 0 Å². The van der Waals surface area contributed by atoms with Gasteiger partial charge in [0, 0.05) is 19.7 Å². The van der Waals surface area contributed by atoms with Crippen molar-refractivity contribution in [3.05, 3.63) is 29.3 Å². The first kappa shape index (κ1) is 15.3. The van der Waals surface area contributed by atoms with Gasteiger partial charge in [0.05, 0.1) is 6.61 Å². The van der Waals surface area contributed by atoms with Gasteiger partial charge in [-0.25, -0.2) is 0 Å². The van der Waals surface area contributed by atoms with E-state index in [1.165, 1.54) is 24.1 Å². The Morgan fingerprint density at radius 1 is 1.30 bits per heavy atom. The van der Waals surface area contributed by atoms with Gasteiger partial charge >= 0.3 is 0 Å². The summed E-state index contributed by atoms with van der Waals surface area (Å²) in [6, 6.07) is 6.28. The molecule has 3 nitrogen and oxygen atoms in total. The zero-order valence-corrected chi connectivity index (χ0v) is 12.8. The van der Waals surface area contributed by atoms with Crippen LogP contribution in [-0.2, 0) is 0 Å². The molecule has 1 aromatic rings. The summed E-state index contributed by atoms with van der Waals surface area (Å²) in [6.07, 6.45) is 3.26. The van der Waals surface area contributed by atoms with Crippen LogP contribution in [0.3, 0.4) is 0 Å². The first-order valence-corrected chi connectivity index (χ1v) is 7.72. The molecule has 3 heteroatoms. The molecule has 1 heterocycles. The van der Waals surface area contributed by atoms with Gasteiger partial charge in [0.2, 0.25) is 0 Å². The van der Waals surface area contributed by atoms with Gasteiger partial charge in [0.15, 0.2) is 0 Å². The number of ether oxygens (including phenoxy) is 1. The quantitative estimate of drug-likeness (QED) is 0.778. The van der Waals surface area contributed by atoms with E-state index in [0.717, 1.165) is 38.3 Å². The maximum Gasteiger partial charge on any atom is 0.119 e. The summed E-state index contributed by atoms with van der Waals surface area (Å²) < 4.78 is 5.81. The van der Waals surface area contributed by atoms with Gasteiger partial charge in [-0.2, -0.15) is 0 Å². The highest BCUT2D eigenvalue weighted by Crippen LogP contribution is 2.19. The van der Waals surface area contributed by atoms with E-state index < -0.39 is 0 Å². The van der Waals surface area contributed by atoms with Crippen molar-refractivity contribution in [1.29, 1.82) is 0 Å². The average molecular weight is 277 g/mol. The number of aryl methyl sites for hydroxylation is 2. The average Bonchev–Trinajstić information content (AvgIpc) is 2.87. The van der Waals surface area contributed by atoms with Crippen LogP contribution in [-0.4, -0.2) is 42.9 Å². The number of hydrogen-bond acceptors (Lipinski definition) is 3. The van der Waals surface area contributed by atoms with Crippen LogP contribution >= 0.6 is 0 Å². The molecule has 0 bridgehead atoms. The summed E-state index contributed by atoms with van der Waals surface area (Å²) >= 11 is 0. The molecular formula is C17H27NO2. The van der Waals surface area contributed by atoms with Gasteiger partial charge in [-0.05, 0) is 68.8 Å². The normalized spacial score (nSPS) is 19.4. The first-order valence-electron chi connectivity index (χ1n) is 7.72. The fourth-order valence-electron chi connectivity index (χ4n) is 2.82. The van der Waals surface area contributed by atoms with E-state index in [2.05, 4.69) is 36.9 Å². The van der Waals surface area contributed by atoms with Crippen molar-refractivity contribution in [3.8, 4) is 5.75 Å². The summed E-state index contributed by atoms with van der Waals surface area (Å²) in [5, 5.41) is 8.96. The molecule has 1 N–H and O–H groups in total. The van der Waals surface area contributed by atoms with E-state index in [9.17, 15) is 0 Å². The first-order chi connectivity index (χ1) is 9.69. The highest BCUT2D eigenvalue weighted by atomic mass is 16.5. The van der Waals surface area contributed by atoms with Gasteiger partial charge < -0.3 is 14.7 Å². The Morgan fingerprint density at radius 2 is 2.15 bits per heavy atom. The van der Waals surface area contributed by atoms with Crippen molar-refractivity contribution in [1.82, 2.24) is 4.90 Å². The fraction of sp³-hybridized carbons (Fsp3) is 0.647. The Bertz CT molecular complexity index is 419. The molecule has 0 aromatic heterocycles. The standard InChI is InChI=1S/C17H27NO2/c1-14-4-5-17(12-15(14)2)20-11-3-8-18-9-6-16(13-18)7-10-19/h4-5,12,16,19H,3,6-11,13H2,1-2H3. The van der Waals surface area contributed by atoms with E-state index in [1.54, 1.807) is 0 Å². The largest absolute Gasteiger partial charge is 0.494 e. The number of aliphatic hydroxyl groups is 1. The molecular weight excluding hydrogens is 250 g/mol. The minimum atomic E-state index is 0.328. The van der Waals surface area contributed by atoms with Crippen molar-refractivity contribution >= 4 is 0 Å². The predicted molar refractivity (Wildman–Crippen MR) is 82.3 cm³/mol. The van der Waals surface area contributed by atoms with Gasteiger partial charge in [-0.3, -0.25) is 0 Å². The van der Waals surface area contributed by atoms with Crippen LogP contribution in [0, 0.1) is 19.8 Å². The highest BCUT2D eigenvalue weighted by Gasteiger charge is 2.21. The number of likely N-dealkylation sites (tertiary alicyclic amines) is 1. The van der Waals surface area contributed by atoms with Crippen LogP contribution in [0.1, 0.15) is 30.4 Å². The Labute approximate surface area is 122 Å². The lowest BCUT2D eigenvalue weighted by Gasteiger charge is -2.16. The summed E-state index contributed by atoms with van der Waals surface area (Å²) in [4.78, 5) is 2.49. The summed E-state index contributed by atoms with van der Waals surface area (Å²) in [5.74, 6) is 1.67.